The first-order chi connectivity index (χ1) is 14.9. The van der Waals surface area contributed by atoms with Crippen LogP contribution in [-0.2, 0) is 6.42 Å². The van der Waals surface area contributed by atoms with Crippen LogP contribution < -0.4 is 10.1 Å². The summed E-state index contributed by atoms with van der Waals surface area (Å²) in [5.74, 6) is 0.284. The summed E-state index contributed by atoms with van der Waals surface area (Å²) in [6.45, 7) is 3.93. The average molecular weight is 466 g/mol. The summed E-state index contributed by atoms with van der Waals surface area (Å²) in [6.07, 6.45) is 11.5. The second-order valence-corrected chi connectivity index (χ2v) is 8.68. The number of hydrogen-bond donors (Lipinski definition) is 2. The number of halogens is 2. The van der Waals surface area contributed by atoms with Gasteiger partial charge in [-0.05, 0) is 43.0 Å². The molecule has 2 aromatic carbocycles. The molecule has 170 valence electrons. The molecular weight excluding hydrogens is 433 g/mol. The molecule has 31 heavy (non-hydrogen) atoms. The van der Waals surface area contributed by atoms with Crippen molar-refractivity contribution in [3.63, 3.8) is 0 Å². The van der Waals surface area contributed by atoms with Gasteiger partial charge in [0.25, 0.3) is 0 Å². The number of carbonyl (C=O) groups excluding carboxylic acids is 1. The van der Waals surface area contributed by atoms with Gasteiger partial charge in [-0.1, -0.05) is 99.7 Å². The number of phenolic OH excluding ortho intramolecular Hbond substituents is 1. The molecule has 1 amide bonds. The van der Waals surface area contributed by atoms with Crippen molar-refractivity contribution in [3.05, 3.63) is 51.5 Å². The number of unbranched alkanes of at least 4 members (excludes halogenated alkanes) is 8. The van der Waals surface area contributed by atoms with Crippen LogP contribution in [0, 0.1) is 6.92 Å². The van der Waals surface area contributed by atoms with E-state index < -0.39 is 6.09 Å². The largest absolute Gasteiger partial charge is 0.504 e. The highest BCUT2D eigenvalue weighted by molar-refractivity contribution is 6.37. The molecule has 0 radical (unpaired) electrons. The molecule has 0 aliphatic rings. The van der Waals surface area contributed by atoms with Crippen molar-refractivity contribution in [2.75, 3.05) is 5.32 Å². The molecule has 0 aliphatic carbocycles. The third kappa shape index (κ3) is 8.27. The molecule has 0 saturated heterocycles. The van der Waals surface area contributed by atoms with E-state index in [-0.39, 0.29) is 16.5 Å². The van der Waals surface area contributed by atoms with Gasteiger partial charge in [-0.25, -0.2) is 4.79 Å². The minimum atomic E-state index is -0.703. The summed E-state index contributed by atoms with van der Waals surface area (Å²) in [4.78, 5) is 12.4. The Hall–Kier alpha value is -1.91. The number of hydrogen-bond acceptors (Lipinski definition) is 3. The highest BCUT2D eigenvalue weighted by atomic mass is 35.5. The van der Waals surface area contributed by atoms with Gasteiger partial charge in [0, 0.05) is 5.02 Å². The molecule has 0 bridgehead atoms. The van der Waals surface area contributed by atoms with Crippen molar-refractivity contribution >= 4 is 35.0 Å². The normalized spacial score (nSPS) is 10.8. The Kier molecular flexibility index (Phi) is 11.0. The Balaban J connectivity index is 1.83. The number of phenols is 1. The topological polar surface area (TPSA) is 58.6 Å². The number of para-hydroxylation sites is 1. The van der Waals surface area contributed by atoms with Gasteiger partial charge in [0.2, 0.25) is 0 Å². The zero-order chi connectivity index (χ0) is 22.6. The molecule has 0 saturated carbocycles. The molecule has 0 aliphatic heterocycles. The average Bonchev–Trinajstić information content (AvgIpc) is 2.76. The van der Waals surface area contributed by atoms with Gasteiger partial charge < -0.3 is 9.84 Å². The van der Waals surface area contributed by atoms with Gasteiger partial charge in [0.15, 0.2) is 5.75 Å². The van der Waals surface area contributed by atoms with Crippen molar-refractivity contribution in [2.45, 2.75) is 78.1 Å². The summed E-state index contributed by atoms with van der Waals surface area (Å²) < 4.78 is 5.50. The maximum Gasteiger partial charge on any atom is 0.417 e. The van der Waals surface area contributed by atoms with Crippen molar-refractivity contribution in [1.82, 2.24) is 0 Å². The molecule has 4 nitrogen and oxygen atoms in total. The van der Waals surface area contributed by atoms with Crippen LogP contribution in [0.1, 0.15) is 75.8 Å². The summed E-state index contributed by atoms with van der Waals surface area (Å²) in [6, 6.07) is 8.98. The number of amides is 1. The Labute approximate surface area is 195 Å². The molecule has 2 aromatic rings. The Bertz CT molecular complexity index is 855. The van der Waals surface area contributed by atoms with Crippen LogP contribution in [0.5, 0.6) is 11.5 Å². The number of anilines is 1. The fraction of sp³-hybridized carbons (Fsp3) is 0.480. The fourth-order valence-electron chi connectivity index (χ4n) is 3.47. The standard InChI is InChI=1S/C25H33Cl2NO3/c1-3-4-5-6-7-8-9-10-11-14-19-15-12-13-16-22(19)31-25(30)28-21-17-20(26)18(2)23(27)24(21)29/h12-13,15-17,29H,3-11,14H2,1-2H3,(H,28,30). The molecule has 2 rings (SSSR count). The lowest BCUT2D eigenvalue weighted by Crippen LogP contribution is -2.17. The molecular formula is C25H33Cl2NO3. The van der Waals surface area contributed by atoms with E-state index in [1.807, 2.05) is 18.2 Å². The zero-order valence-electron chi connectivity index (χ0n) is 18.5. The van der Waals surface area contributed by atoms with Crippen molar-refractivity contribution < 1.29 is 14.6 Å². The monoisotopic (exact) mass is 465 g/mol. The first kappa shape index (κ1) is 25.4. The first-order valence-electron chi connectivity index (χ1n) is 11.2. The van der Waals surface area contributed by atoms with Crippen LogP contribution in [0.25, 0.3) is 0 Å². The van der Waals surface area contributed by atoms with Gasteiger partial charge in [-0.15, -0.1) is 0 Å². The second kappa shape index (κ2) is 13.5. The number of rotatable bonds is 12. The maximum absolute atomic E-state index is 12.4. The number of benzene rings is 2. The lowest BCUT2D eigenvalue weighted by molar-refractivity contribution is 0.214. The third-order valence-corrected chi connectivity index (χ3v) is 6.24. The van der Waals surface area contributed by atoms with Gasteiger partial charge in [-0.3, -0.25) is 5.32 Å². The summed E-state index contributed by atoms with van der Waals surface area (Å²) in [7, 11) is 0. The molecule has 2 N–H and O–H groups in total. The third-order valence-electron chi connectivity index (χ3n) is 5.38. The SMILES string of the molecule is CCCCCCCCCCCc1ccccc1OC(=O)Nc1cc(Cl)c(C)c(Cl)c1O. The molecule has 0 spiro atoms. The lowest BCUT2D eigenvalue weighted by atomic mass is 10.0. The van der Waals surface area contributed by atoms with E-state index in [9.17, 15) is 9.90 Å². The van der Waals surface area contributed by atoms with E-state index in [4.69, 9.17) is 27.9 Å². The van der Waals surface area contributed by atoms with Crippen molar-refractivity contribution in [2.24, 2.45) is 0 Å². The van der Waals surface area contributed by atoms with Crippen LogP contribution in [0.3, 0.4) is 0 Å². The van der Waals surface area contributed by atoms with E-state index in [0.29, 0.717) is 16.3 Å². The van der Waals surface area contributed by atoms with Crippen LogP contribution >= 0.6 is 23.2 Å². The van der Waals surface area contributed by atoms with Crippen molar-refractivity contribution in [1.29, 1.82) is 0 Å². The number of carbonyl (C=O) groups is 1. The van der Waals surface area contributed by atoms with E-state index in [0.717, 1.165) is 18.4 Å². The predicted molar refractivity (Wildman–Crippen MR) is 130 cm³/mol. The van der Waals surface area contributed by atoms with Crippen LogP contribution in [0.2, 0.25) is 10.0 Å². The van der Waals surface area contributed by atoms with E-state index >= 15 is 0 Å². The van der Waals surface area contributed by atoms with E-state index in [1.54, 1.807) is 13.0 Å². The molecule has 0 aromatic heterocycles. The smallest absolute Gasteiger partial charge is 0.417 e. The van der Waals surface area contributed by atoms with Crippen LogP contribution in [0.4, 0.5) is 10.5 Å². The summed E-state index contributed by atoms with van der Waals surface area (Å²) in [5.41, 5.74) is 1.65. The fourth-order valence-corrected chi connectivity index (χ4v) is 3.93. The maximum atomic E-state index is 12.4. The van der Waals surface area contributed by atoms with Crippen LogP contribution in [-0.4, -0.2) is 11.2 Å². The van der Waals surface area contributed by atoms with Gasteiger partial charge >= 0.3 is 6.09 Å². The highest BCUT2D eigenvalue weighted by Crippen LogP contribution is 2.38. The lowest BCUT2D eigenvalue weighted by Gasteiger charge is -2.13. The molecule has 0 unspecified atom stereocenters. The Morgan fingerprint density at radius 2 is 1.61 bits per heavy atom. The van der Waals surface area contributed by atoms with Gasteiger partial charge in [0.1, 0.15) is 5.75 Å². The minimum Gasteiger partial charge on any atom is -0.504 e. The highest BCUT2D eigenvalue weighted by Gasteiger charge is 2.16. The van der Waals surface area contributed by atoms with Gasteiger partial charge in [0.05, 0.1) is 10.7 Å². The Morgan fingerprint density at radius 3 is 2.29 bits per heavy atom. The van der Waals surface area contributed by atoms with E-state index in [1.165, 1.54) is 57.4 Å². The minimum absolute atomic E-state index is 0.105. The predicted octanol–water partition coefficient (Wildman–Crippen LogP) is 8.69. The Morgan fingerprint density at radius 1 is 1.00 bits per heavy atom. The number of aryl methyl sites for hydroxylation is 1. The molecule has 0 fully saturated rings. The van der Waals surface area contributed by atoms with Crippen LogP contribution in [0.15, 0.2) is 30.3 Å². The van der Waals surface area contributed by atoms with Crippen molar-refractivity contribution in [3.8, 4) is 11.5 Å². The van der Waals surface area contributed by atoms with E-state index in [2.05, 4.69) is 12.2 Å². The first-order valence-corrected chi connectivity index (χ1v) is 11.9. The molecule has 0 heterocycles. The number of nitrogens with one attached hydrogen (secondary N) is 1. The summed E-state index contributed by atoms with van der Waals surface area (Å²) >= 11 is 12.2. The number of aromatic hydroxyl groups is 1. The summed E-state index contributed by atoms with van der Waals surface area (Å²) in [5, 5.41) is 13.1. The molecule has 6 heteroatoms. The quantitative estimate of drug-likeness (QED) is 0.243. The molecule has 0 atom stereocenters. The second-order valence-electron chi connectivity index (χ2n) is 7.89. The van der Waals surface area contributed by atoms with Gasteiger partial charge in [-0.2, -0.15) is 0 Å². The number of ether oxygens (including phenoxy) is 1. The zero-order valence-corrected chi connectivity index (χ0v) is 20.0.